The number of cyclic esters (lactones) is 1. The number of ether oxygens (including phenoxy) is 1. The molecule has 0 aromatic rings. The van der Waals surface area contributed by atoms with E-state index < -0.39 is 0 Å². The molecule has 1 aliphatic rings. The highest BCUT2D eigenvalue weighted by molar-refractivity contribution is 9.12. The second-order valence-electron chi connectivity index (χ2n) is 1.72. The fourth-order valence-electron chi connectivity index (χ4n) is 0.507. The van der Waals surface area contributed by atoms with Crippen molar-refractivity contribution in [3.8, 4) is 0 Å². The van der Waals surface area contributed by atoms with Gasteiger partial charge in [0.25, 0.3) is 0 Å². The van der Waals surface area contributed by atoms with Gasteiger partial charge in [-0.1, -0.05) is 15.9 Å². The van der Waals surface area contributed by atoms with Gasteiger partial charge in [0, 0.05) is 0 Å². The third-order valence-corrected chi connectivity index (χ3v) is 3.77. The molecule has 1 rings (SSSR count). The second kappa shape index (κ2) is 3.36. The minimum Gasteiger partial charge on any atom is -0.445 e. The number of halogens is 3. The maximum atomic E-state index is 10.8. The van der Waals surface area contributed by atoms with Crippen molar-refractivity contribution < 1.29 is 9.53 Å². The van der Waals surface area contributed by atoms with E-state index in [1.54, 1.807) is 6.08 Å². The van der Waals surface area contributed by atoms with Crippen molar-refractivity contribution in [3.05, 3.63) is 10.6 Å². The van der Waals surface area contributed by atoms with E-state index in [2.05, 4.69) is 47.8 Å². The first kappa shape index (κ1) is 8.74. The highest BCUT2D eigenvalue weighted by atomic mass is 79.9. The predicted octanol–water partition coefficient (Wildman–Crippen LogP) is 2.31. The summed E-state index contributed by atoms with van der Waals surface area (Å²) < 4.78 is 5.29. The molecule has 0 aromatic carbocycles. The summed E-state index contributed by atoms with van der Waals surface area (Å²) in [6, 6.07) is 0. The van der Waals surface area contributed by atoms with Crippen LogP contribution in [0, 0.1) is 0 Å². The Morgan fingerprint density at radius 2 is 2.10 bits per heavy atom. The summed E-state index contributed by atoms with van der Waals surface area (Å²) >= 11 is 9.51. The van der Waals surface area contributed by atoms with Gasteiger partial charge in [-0.15, -0.1) is 0 Å². The van der Waals surface area contributed by atoms with Crippen LogP contribution in [0.3, 0.4) is 0 Å². The van der Waals surface area contributed by atoms with Gasteiger partial charge in [0.05, 0.1) is 9.31 Å². The van der Waals surface area contributed by atoms with Gasteiger partial charge < -0.3 is 4.74 Å². The molecule has 5 heteroatoms. The summed E-state index contributed by atoms with van der Waals surface area (Å²) in [6.45, 7) is 0. The Labute approximate surface area is 83.4 Å². The number of hydrogen-bond donors (Lipinski definition) is 0. The van der Waals surface area contributed by atoms with E-state index >= 15 is 0 Å². The van der Waals surface area contributed by atoms with Crippen LogP contribution in [-0.4, -0.2) is 15.8 Å². The molecule has 0 aliphatic carbocycles. The van der Waals surface area contributed by atoms with E-state index in [9.17, 15) is 4.79 Å². The van der Waals surface area contributed by atoms with Gasteiger partial charge in [-0.2, -0.15) is 0 Å². The second-order valence-corrected chi connectivity index (χ2v) is 4.53. The van der Waals surface area contributed by atoms with Crippen LogP contribution in [-0.2, 0) is 9.53 Å². The summed E-state index contributed by atoms with van der Waals surface area (Å²) in [5.41, 5.74) is 0. The van der Waals surface area contributed by atoms with Crippen LogP contribution < -0.4 is 0 Å². The van der Waals surface area contributed by atoms with Crippen LogP contribution in [0.2, 0.25) is 0 Å². The number of hydrogen-bond acceptors (Lipinski definition) is 2. The minimum absolute atomic E-state index is 0.0413. The van der Waals surface area contributed by atoms with Crippen LogP contribution in [0.25, 0.3) is 0 Å². The average Bonchev–Trinajstić information content (AvgIpc) is 1.84. The molecule has 0 N–H and O–H groups in total. The van der Waals surface area contributed by atoms with E-state index in [-0.39, 0.29) is 15.8 Å². The van der Waals surface area contributed by atoms with Crippen molar-refractivity contribution in [3.63, 3.8) is 0 Å². The van der Waals surface area contributed by atoms with Gasteiger partial charge in [-0.05, 0) is 37.9 Å². The molecule has 2 unspecified atom stereocenters. The molecule has 56 valence electrons. The zero-order chi connectivity index (χ0) is 7.72. The lowest BCUT2D eigenvalue weighted by molar-refractivity contribution is -0.139. The minimum atomic E-state index is -0.336. The molecule has 0 bridgehead atoms. The first-order chi connectivity index (χ1) is 4.61. The summed E-state index contributed by atoms with van der Waals surface area (Å²) in [5.74, 6) is -0.336. The number of carbonyl (C=O) groups is 1. The maximum absolute atomic E-state index is 10.8. The van der Waals surface area contributed by atoms with Crippen molar-refractivity contribution >= 4 is 53.8 Å². The molecule has 0 saturated carbocycles. The zero-order valence-corrected chi connectivity index (χ0v) is 9.44. The Morgan fingerprint density at radius 1 is 1.50 bits per heavy atom. The molecule has 0 amide bonds. The summed E-state index contributed by atoms with van der Waals surface area (Å²) in [4.78, 5) is 10.8. The van der Waals surface area contributed by atoms with Gasteiger partial charge >= 0.3 is 5.97 Å². The van der Waals surface area contributed by atoms with Crippen LogP contribution in [0.4, 0.5) is 0 Å². The van der Waals surface area contributed by atoms with Crippen molar-refractivity contribution in [2.45, 2.75) is 9.84 Å². The van der Waals surface area contributed by atoms with E-state index in [4.69, 9.17) is 4.74 Å². The topological polar surface area (TPSA) is 26.3 Å². The predicted molar refractivity (Wildman–Crippen MR) is 48.5 cm³/mol. The third-order valence-electron chi connectivity index (χ3n) is 0.971. The fraction of sp³-hybridized carbons (Fsp3) is 0.400. The van der Waals surface area contributed by atoms with Crippen molar-refractivity contribution in [1.82, 2.24) is 0 Å². The molecular formula is C5H3Br3O2. The maximum Gasteiger partial charge on any atom is 0.346 e. The molecule has 0 saturated heterocycles. The molecule has 0 spiro atoms. The van der Waals surface area contributed by atoms with Crippen molar-refractivity contribution in [2.24, 2.45) is 0 Å². The quantitative estimate of drug-likeness (QED) is 0.502. The van der Waals surface area contributed by atoms with E-state index in [0.717, 1.165) is 0 Å². The van der Waals surface area contributed by atoms with Crippen molar-refractivity contribution in [2.75, 3.05) is 0 Å². The van der Waals surface area contributed by atoms with Gasteiger partial charge in [0.1, 0.15) is 0 Å². The lowest BCUT2D eigenvalue weighted by Gasteiger charge is -2.19. The Hall–Kier alpha value is 0.650. The molecule has 0 radical (unpaired) electrons. The smallest absolute Gasteiger partial charge is 0.346 e. The normalized spacial score (nSPS) is 33.1. The van der Waals surface area contributed by atoms with Gasteiger partial charge in [-0.3, -0.25) is 0 Å². The fourth-order valence-corrected chi connectivity index (χ4v) is 1.93. The van der Waals surface area contributed by atoms with Crippen LogP contribution in [0.15, 0.2) is 10.6 Å². The number of rotatable bonds is 0. The zero-order valence-electron chi connectivity index (χ0n) is 4.68. The molecule has 1 aliphatic heterocycles. The highest BCUT2D eigenvalue weighted by Gasteiger charge is 2.25. The van der Waals surface area contributed by atoms with Crippen LogP contribution in [0.1, 0.15) is 0 Å². The van der Waals surface area contributed by atoms with Crippen LogP contribution in [0.5, 0.6) is 0 Å². The SMILES string of the molecule is O=C1OC(Br)C(Br)C=C1Br. The standard InChI is InChI=1S/C5H3Br3O2/c6-2-1-3(7)5(9)10-4(2)8/h1-2,4H. The van der Waals surface area contributed by atoms with Gasteiger partial charge in [0.2, 0.25) is 0 Å². The summed E-state index contributed by atoms with van der Waals surface area (Å²) in [6.07, 6.45) is 1.74. The summed E-state index contributed by atoms with van der Waals surface area (Å²) in [7, 11) is 0. The number of alkyl halides is 2. The van der Waals surface area contributed by atoms with E-state index in [0.29, 0.717) is 4.48 Å². The first-order valence-electron chi connectivity index (χ1n) is 2.47. The molecule has 2 nitrogen and oxygen atoms in total. The van der Waals surface area contributed by atoms with E-state index in [1.165, 1.54) is 0 Å². The Bertz CT molecular complexity index is 189. The lowest BCUT2D eigenvalue weighted by Crippen LogP contribution is -2.25. The third kappa shape index (κ3) is 1.83. The van der Waals surface area contributed by atoms with E-state index in [1.807, 2.05) is 0 Å². The van der Waals surface area contributed by atoms with Crippen LogP contribution >= 0.6 is 47.8 Å². The molecule has 10 heavy (non-hydrogen) atoms. The molecule has 0 aromatic heterocycles. The van der Waals surface area contributed by atoms with Gasteiger partial charge in [-0.25, -0.2) is 4.79 Å². The molecule has 2 atom stereocenters. The average molecular weight is 335 g/mol. The Balaban J connectivity index is 2.79. The van der Waals surface area contributed by atoms with Gasteiger partial charge in [0.15, 0.2) is 5.01 Å². The Kier molecular flexibility index (Phi) is 2.94. The number of esters is 1. The largest absolute Gasteiger partial charge is 0.445 e. The Morgan fingerprint density at radius 3 is 2.60 bits per heavy atom. The monoisotopic (exact) mass is 332 g/mol. The van der Waals surface area contributed by atoms with Crippen molar-refractivity contribution in [1.29, 1.82) is 0 Å². The lowest BCUT2D eigenvalue weighted by atomic mass is 10.3. The molecule has 1 heterocycles. The number of carbonyl (C=O) groups excluding carboxylic acids is 1. The first-order valence-corrected chi connectivity index (χ1v) is 5.10. The molecule has 0 fully saturated rings. The molecular weight excluding hydrogens is 332 g/mol. The summed E-state index contributed by atoms with van der Waals surface area (Å²) in [5, 5.41) is -0.263. The highest BCUT2D eigenvalue weighted by Crippen LogP contribution is 2.26.